The van der Waals surface area contributed by atoms with Gasteiger partial charge in [0.1, 0.15) is 13.2 Å². The fourth-order valence-electron chi connectivity index (χ4n) is 2.84. The molecule has 33 heavy (non-hydrogen) atoms. The van der Waals surface area contributed by atoms with Crippen LogP contribution >= 0.6 is 57.6 Å². The number of thioether (sulfide) groups is 1. The number of esters is 1. The Kier molecular flexibility index (Phi) is 8.91. The molecule has 0 bridgehead atoms. The van der Waals surface area contributed by atoms with Crippen molar-refractivity contribution in [1.82, 2.24) is 4.90 Å². The number of amides is 2. The molecular formula is C22H18Cl2INO6S. The minimum absolute atomic E-state index is 0.198. The quantitative estimate of drug-likeness (QED) is 0.210. The zero-order valence-corrected chi connectivity index (χ0v) is 22.0. The Labute approximate surface area is 218 Å². The number of halogens is 3. The van der Waals surface area contributed by atoms with Gasteiger partial charge in [-0.15, -0.1) is 0 Å². The summed E-state index contributed by atoms with van der Waals surface area (Å²) in [7, 11) is 1.19. The Balaban J connectivity index is 1.85. The standard InChI is InChI=1S/C22H18Cl2INO6S/c1-3-31-17-7-12(8-18-21(28)26(22(29)33-18)10-19(27)30-2)6-16(25)20(17)32-11-13-4-5-14(23)9-15(13)24/h4-9H,3,10-11H2,1-2H3/b18-8-. The van der Waals surface area contributed by atoms with Crippen LogP contribution in [0.25, 0.3) is 6.08 Å². The Morgan fingerprint density at radius 2 is 1.94 bits per heavy atom. The predicted octanol–water partition coefficient (Wildman–Crippen LogP) is 5.79. The van der Waals surface area contributed by atoms with Crippen molar-refractivity contribution in [3.63, 3.8) is 0 Å². The molecule has 0 spiro atoms. The molecule has 1 fully saturated rings. The second kappa shape index (κ2) is 11.5. The van der Waals surface area contributed by atoms with E-state index in [2.05, 4.69) is 27.3 Å². The highest BCUT2D eigenvalue weighted by atomic mass is 127. The van der Waals surface area contributed by atoms with E-state index in [0.717, 1.165) is 25.8 Å². The fourth-order valence-corrected chi connectivity index (χ4v) is 4.93. The van der Waals surface area contributed by atoms with E-state index in [1.165, 1.54) is 7.11 Å². The van der Waals surface area contributed by atoms with Crippen molar-refractivity contribution >= 4 is 80.7 Å². The summed E-state index contributed by atoms with van der Waals surface area (Å²) in [6, 6.07) is 8.69. The molecule has 2 aromatic rings. The summed E-state index contributed by atoms with van der Waals surface area (Å²) in [4.78, 5) is 37.3. The van der Waals surface area contributed by atoms with Gasteiger partial charge in [-0.05, 0) is 77.2 Å². The Hall–Kier alpha value is -1.95. The number of rotatable bonds is 8. The average Bonchev–Trinajstić information content (AvgIpc) is 3.01. The summed E-state index contributed by atoms with van der Waals surface area (Å²) >= 11 is 15.1. The van der Waals surface area contributed by atoms with E-state index >= 15 is 0 Å². The van der Waals surface area contributed by atoms with Gasteiger partial charge in [0, 0.05) is 15.6 Å². The molecule has 0 saturated carbocycles. The highest BCUT2D eigenvalue weighted by Gasteiger charge is 2.36. The summed E-state index contributed by atoms with van der Waals surface area (Å²) in [5, 5.41) is 0.500. The van der Waals surface area contributed by atoms with Gasteiger partial charge in [-0.1, -0.05) is 29.3 Å². The topological polar surface area (TPSA) is 82.1 Å². The summed E-state index contributed by atoms with van der Waals surface area (Å²) < 4.78 is 17.0. The molecule has 1 saturated heterocycles. The summed E-state index contributed by atoms with van der Waals surface area (Å²) in [6.45, 7) is 2.02. The van der Waals surface area contributed by atoms with E-state index in [0.29, 0.717) is 33.7 Å². The van der Waals surface area contributed by atoms with Crippen LogP contribution in [-0.4, -0.2) is 42.3 Å². The smallest absolute Gasteiger partial charge is 0.325 e. The second-order valence-electron chi connectivity index (χ2n) is 6.63. The number of methoxy groups -OCH3 is 1. The van der Waals surface area contributed by atoms with Crippen molar-refractivity contribution in [2.45, 2.75) is 13.5 Å². The van der Waals surface area contributed by atoms with Crippen LogP contribution in [0.5, 0.6) is 11.5 Å². The van der Waals surface area contributed by atoms with Gasteiger partial charge in [0.2, 0.25) is 0 Å². The minimum atomic E-state index is -0.672. The van der Waals surface area contributed by atoms with Crippen LogP contribution in [0, 0.1) is 3.57 Å². The van der Waals surface area contributed by atoms with Crippen molar-refractivity contribution in [3.05, 3.63) is 60.0 Å². The molecule has 1 heterocycles. The second-order valence-corrected chi connectivity index (χ2v) is 9.63. The highest BCUT2D eigenvalue weighted by Crippen LogP contribution is 2.38. The largest absolute Gasteiger partial charge is 0.490 e. The Morgan fingerprint density at radius 1 is 1.18 bits per heavy atom. The van der Waals surface area contributed by atoms with Crippen LogP contribution in [0.2, 0.25) is 10.0 Å². The van der Waals surface area contributed by atoms with E-state index in [1.807, 2.05) is 6.92 Å². The van der Waals surface area contributed by atoms with E-state index in [-0.39, 0.29) is 11.5 Å². The number of hydrogen-bond donors (Lipinski definition) is 0. The lowest BCUT2D eigenvalue weighted by molar-refractivity contribution is -0.143. The number of carbonyl (C=O) groups is 3. The van der Waals surface area contributed by atoms with Crippen LogP contribution in [0.3, 0.4) is 0 Å². The van der Waals surface area contributed by atoms with E-state index in [1.54, 1.807) is 36.4 Å². The molecule has 0 N–H and O–H groups in total. The maximum atomic E-state index is 12.6. The van der Waals surface area contributed by atoms with Gasteiger partial charge in [-0.25, -0.2) is 0 Å². The van der Waals surface area contributed by atoms with Gasteiger partial charge >= 0.3 is 5.97 Å². The zero-order valence-electron chi connectivity index (χ0n) is 17.5. The molecule has 7 nitrogen and oxygen atoms in total. The third kappa shape index (κ3) is 6.34. The average molecular weight is 622 g/mol. The lowest BCUT2D eigenvalue weighted by atomic mass is 10.1. The SMILES string of the molecule is CCOc1cc(/C=C2\SC(=O)N(CC(=O)OC)C2=O)cc(I)c1OCc1ccc(Cl)cc1Cl. The molecule has 2 amide bonds. The number of nitrogens with zero attached hydrogens (tertiary/aromatic N) is 1. The van der Waals surface area contributed by atoms with Crippen LogP contribution in [0.15, 0.2) is 35.2 Å². The van der Waals surface area contributed by atoms with Gasteiger partial charge in [-0.2, -0.15) is 0 Å². The molecule has 0 radical (unpaired) electrons. The Morgan fingerprint density at radius 3 is 2.61 bits per heavy atom. The van der Waals surface area contributed by atoms with Crippen molar-refractivity contribution in [2.24, 2.45) is 0 Å². The van der Waals surface area contributed by atoms with Crippen molar-refractivity contribution in [3.8, 4) is 11.5 Å². The molecule has 174 valence electrons. The van der Waals surface area contributed by atoms with E-state index < -0.39 is 23.7 Å². The summed E-state index contributed by atoms with van der Waals surface area (Å²) in [5.74, 6) is -0.218. The third-order valence-corrected chi connectivity index (χ3v) is 6.70. The monoisotopic (exact) mass is 621 g/mol. The molecule has 0 aliphatic carbocycles. The number of hydrogen-bond acceptors (Lipinski definition) is 7. The molecule has 1 aliphatic rings. The van der Waals surface area contributed by atoms with Gasteiger partial charge in [-0.3, -0.25) is 19.3 Å². The van der Waals surface area contributed by atoms with Gasteiger partial charge in [0.05, 0.1) is 22.2 Å². The third-order valence-electron chi connectivity index (χ3n) is 4.41. The van der Waals surface area contributed by atoms with Crippen molar-refractivity contribution in [1.29, 1.82) is 0 Å². The molecule has 0 unspecified atom stereocenters. The molecule has 1 aliphatic heterocycles. The van der Waals surface area contributed by atoms with Crippen LogP contribution < -0.4 is 9.47 Å². The lowest BCUT2D eigenvalue weighted by Gasteiger charge is -2.15. The van der Waals surface area contributed by atoms with Crippen LogP contribution in [0.1, 0.15) is 18.1 Å². The normalized spacial score (nSPS) is 14.7. The number of ether oxygens (including phenoxy) is 3. The molecule has 0 aromatic heterocycles. The number of carbonyl (C=O) groups excluding carboxylic acids is 3. The van der Waals surface area contributed by atoms with E-state index in [4.69, 9.17) is 32.7 Å². The van der Waals surface area contributed by atoms with Crippen LogP contribution in [-0.2, 0) is 20.9 Å². The lowest BCUT2D eigenvalue weighted by Crippen LogP contribution is -2.34. The first-order chi connectivity index (χ1) is 15.7. The summed E-state index contributed by atoms with van der Waals surface area (Å²) in [6.07, 6.45) is 1.58. The Bertz CT molecular complexity index is 1140. The maximum absolute atomic E-state index is 12.6. The molecule has 3 rings (SSSR count). The zero-order chi connectivity index (χ0) is 24.1. The maximum Gasteiger partial charge on any atom is 0.325 e. The van der Waals surface area contributed by atoms with Gasteiger partial charge in [0.25, 0.3) is 11.1 Å². The summed E-state index contributed by atoms with van der Waals surface area (Å²) in [5.41, 5.74) is 1.41. The molecular weight excluding hydrogens is 604 g/mol. The fraction of sp³-hybridized carbons (Fsp3) is 0.227. The number of benzene rings is 2. The first-order valence-electron chi connectivity index (χ1n) is 9.58. The first-order valence-corrected chi connectivity index (χ1v) is 12.2. The van der Waals surface area contributed by atoms with Gasteiger partial charge < -0.3 is 14.2 Å². The predicted molar refractivity (Wildman–Crippen MR) is 136 cm³/mol. The van der Waals surface area contributed by atoms with Crippen molar-refractivity contribution < 1.29 is 28.6 Å². The molecule has 11 heteroatoms. The molecule has 0 atom stereocenters. The number of imide groups is 1. The minimum Gasteiger partial charge on any atom is -0.490 e. The van der Waals surface area contributed by atoms with E-state index in [9.17, 15) is 14.4 Å². The molecule has 2 aromatic carbocycles. The van der Waals surface area contributed by atoms with Gasteiger partial charge in [0.15, 0.2) is 11.5 Å². The van der Waals surface area contributed by atoms with Crippen LogP contribution in [0.4, 0.5) is 4.79 Å². The van der Waals surface area contributed by atoms with Crippen molar-refractivity contribution in [2.75, 3.05) is 20.3 Å². The highest BCUT2D eigenvalue weighted by molar-refractivity contribution is 14.1. The first kappa shape index (κ1) is 25.7.